The van der Waals surface area contributed by atoms with Gasteiger partial charge in [0.1, 0.15) is 33.9 Å². The molecular formula is C23H23F2N5O3. The van der Waals surface area contributed by atoms with Crippen LogP contribution in [0.1, 0.15) is 52.9 Å². The van der Waals surface area contributed by atoms with Gasteiger partial charge in [-0.2, -0.15) is 0 Å². The highest BCUT2D eigenvalue weighted by atomic mass is 19.3. The molecule has 2 aromatic heterocycles. The zero-order valence-electron chi connectivity index (χ0n) is 18.1. The van der Waals surface area contributed by atoms with E-state index >= 15 is 0 Å². The highest BCUT2D eigenvalue weighted by Crippen LogP contribution is 2.38. The Kier molecular flexibility index (Phi) is 5.25. The lowest BCUT2D eigenvalue weighted by atomic mass is 9.83. The molecule has 2 heterocycles. The molecule has 172 valence electrons. The molecule has 1 aliphatic carbocycles. The molecule has 0 unspecified atom stereocenters. The Morgan fingerprint density at radius 3 is 2.52 bits per heavy atom. The van der Waals surface area contributed by atoms with Crippen LogP contribution >= 0.6 is 0 Å². The van der Waals surface area contributed by atoms with Gasteiger partial charge in [0, 0.05) is 18.4 Å². The Labute approximate surface area is 188 Å². The van der Waals surface area contributed by atoms with Gasteiger partial charge in [-0.05, 0) is 44.2 Å². The minimum absolute atomic E-state index is 0.00699. The predicted molar refractivity (Wildman–Crippen MR) is 118 cm³/mol. The summed E-state index contributed by atoms with van der Waals surface area (Å²) in [7, 11) is 0. The van der Waals surface area contributed by atoms with E-state index in [0.29, 0.717) is 11.3 Å². The average molecular weight is 455 g/mol. The third-order valence-corrected chi connectivity index (χ3v) is 6.01. The van der Waals surface area contributed by atoms with Crippen LogP contribution in [-0.2, 0) is 0 Å². The number of nitrogens with zero attached hydrogens (tertiary/aromatic N) is 3. The number of nitrogens with two attached hydrogens (primary N) is 2. The van der Waals surface area contributed by atoms with Crippen LogP contribution in [0.5, 0.6) is 5.75 Å². The van der Waals surface area contributed by atoms with Gasteiger partial charge in [0.05, 0.1) is 11.9 Å². The first-order valence-corrected chi connectivity index (χ1v) is 10.3. The van der Waals surface area contributed by atoms with Gasteiger partial charge in [0.25, 0.3) is 5.91 Å². The zero-order chi connectivity index (χ0) is 24.1. The Morgan fingerprint density at radius 2 is 1.88 bits per heavy atom. The van der Waals surface area contributed by atoms with Crippen LogP contribution in [0.3, 0.4) is 0 Å². The Morgan fingerprint density at radius 1 is 1.21 bits per heavy atom. The summed E-state index contributed by atoms with van der Waals surface area (Å²) in [4.78, 5) is 20.9. The van der Waals surface area contributed by atoms with Crippen molar-refractivity contribution < 1.29 is 23.8 Å². The van der Waals surface area contributed by atoms with Crippen molar-refractivity contribution in [2.75, 3.05) is 5.73 Å². The lowest BCUT2D eigenvalue weighted by Crippen LogP contribution is -2.37. The fraction of sp³-hybridized carbons (Fsp3) is 0.348. The van der Waals surface area contributed by atoms with Crippen LogP contribution in [0.25, 0.3) is 16.9 Å². The summed E-state index contributed by atoms with van der Waals surface area (Å²) in [6, 6.07) is 3.24. The minimum atomic E-state index is -2.80. The van der Waals surface area contributed by atoms with E-state index in [-0.39, 0.29) is 46.8 Å². The van der Waals surface area contributed by atoms with Gasteiger partial charge in [-0.15, -0.1) is 0 Å². The number of rotatable bonds is 2. The summed E-state index contributed by atoms with van der Waals surface area (Å²) in [5.41, 5.74) is 12.5. The molecule has 0 radical (unpaired) electrons. The van der Waals surface area contributed by atoms with Crippen molar-refractivity contribution in [1.82, 2.24) is 14.5 Å². The Hall–Kier alpha value is -3.71. The third kappa shape index (κ3) is 3.96. The topological polar surface area (TPSA) is 140 Å². The van der Waals surface area contributed by atoms with E-state index in [9.17, 15) is 23.8 Å². The SMILES string of the molecule is Cc1ccc(O)c(C)c1-n1c(N)c(C(N)=O)c2ncc(C#CC3(O)CCC(F)(F)CC3)nc21. The number of nitrogen functional groups attached to an aromatic ring is 1. The molecule has 1 amide bonds. The molecule has 1 aliphatic rings. The Bertz CT molecular complexity index is 1340. The molecular weight excluding hydrogens is 432 g/mol. The third-order valence-electron chi connectivity index (χ3n) is 6.01. The van der Waals surface area contributed by atoms with E-state index in [2.05, 4.69) is 21.8 Å². The van der Waals surface area contributed by atoms with Crippen LogP contribution in [0.2, 0.25) is 0 Å². The molecule has 0 saturated heterocycles. The minimum Gasteiger partial charge on any atom is -0.508 e. The summed E-state index contributed by atoms with van der Waals surface area (Å²) in [6.45, 7) is 3.50. The number of carbonyl (C=O) groups is 1. The van der Waals surface area contributed by atoms with E-state index in [1.54, 1.807) is 19.1 Å². The number of anilines is 1. The first-order valence-electron chi connectivity index (χ1n) is 10.3. The van der Waals surface area contributed by atoms with Crippen LogP contribution in [0.4, 0.5) is 14.6 Å². The van der Waals surface area contributed by atoms with Gasteiger partial charge in [-0.1, -0.05) is 12.0 Å². The number of hydrogen-bond acceptors (Lipinski definition) is 6. The number of aliphatic hydroxyl groups is 1. The lowest BCUT2D eigenvalue weighted by molar-refractivity contribution is -0.0823. The number of alkyl halides is 2. The monoisotopic (exact) mass is 455 g/mol. The second-order valence-corrected chi connectivity index (χ2v) is 8.40. The highest BCUT2D eigenvalue weighted by molar-refractivity contribution is 6.09. The summed E-state index contributed by atoms with van der Waals surface area (Å²) in [6.07, 6.45) is 0.105. The maximum absolute atomic E-state index is 13.4. The van der Waals surface area contributed by atoms with Gasteiger partial charge in [0.2, 0.25) is 5.92 Å². The van der Waals surface area contributed by atoms with Crippen molar-refractivity contribution in [2.45, 2.75) is 51.1 Å². The first kappa shape index (κ1) is 22.5. The smallest absolute Gasteiger partial charge is 0.254 e. The number of phenolic OH excluding ortho intramolecular Hbond substituents is 1. The molecule has 8 nitrogen and oxygen atoms in total. The van der Waals surface area contributed by atoms with Gasteiger partial charge >= 0.3 is 0 Å². The van der Waals surface area contributed by atoms with Gasteiger partial charge < -0.3 is 21.7 Å². The van der Waals surface area contributed by atoms with E-state index in [0.717, 1.165) is 5.56 Å². The van der Waals surface area contributed by atoms with E-state index in [1.165, 1.54) is 10.8 Å². The van der Waals surface area contributed by atoms with Crippen LogP contribution in [-0.4, -0.2) is 42.2 Å². The number of fused-ring (bicyclic) bond motifs is 1. The van der Waals surface area contributed by atoms with E-state index in [1.807, 2.05) is 6.92 Å². The molecule has 0 aliphatic heterocycles. The molecule has 0 atom stereocenters. The summed E-state index contributed by atoms with van der Waals surface area (Å²) >= 11 is 0. The molecule has 6 N–H and O–H groups in total. The number of benzene rings is 1. The van der Waals surface area contributed by atoms with Crippen molar-refractivity contribution in [1.29, 1.82) is 0 Å². The lowest BCUT2D eigenvalue weighted by Gasteiger charge is -2.31. The number of hydrogen-bond donors (Lipinski definition) is 4. The van der Waals surface area contributed by atoms with E-state index < -0.39 is 30.3 Å². The first-order chi connectivity index (χ1) is 15.4. The van der Waals surface area contributed by atoms with Crippen molar-refractivity contribution >= 4 is 22.9 Å². The number of primary amides is 1. The van der Waals surface area contributed by atoms with Crippen molar-refractivity contribution in [3.63, 3.8) is 0 Å². The molecule has 1 aromatic carbocycles. The van der Waals surface area contributed by atoms with Crippen LogP contribution in [0, 0.1) is 25.7 Å². The van der Waals surface area contributed by atoms with Crippen molar-refractivity contribution in [3.8, 4) is 23.3 Å². The zero-order valence-corrected chi connectivity index (χ0v) is 18.1. The van der Waals surface area contributed by atoms with Crippen LogP contribution in [0.15, 0.2) is 18.3 Å². The number of aryl methyl sites for hydroxylation is 1. The van der Waals surface area contributed by atoms with Crippen molar-refractivity contribution in [3.05, 3.63) is 40.7 Å². The number of aromatic hydroxyl groups is 1. The second-order valence-electron chi connectivity index (χ2n) is 8.40. The second kappa shape index (κ2) is 7.71. The maximum Gasteiger partial charge on any atom is 0.254 e. The molecule has 1 fully saturated rings. The van der Waals surface area contributed by atoms with Crippen molar-refractivity contribution in [2.24, 2.45) is 5.73 Å². The fourth-order valence-electron chi connectivity index (χ4n) is 4.09. The Balaban J connectivity index is 1.88. The molecule has 0 spiro atoms. The maximum atomic E-state index is 13.4. The standard InChI is InChI=1S/C23H23F2N5O3/c1-12-3-4-15(31)13(2)18(12)30-19(26)16(20(27)32)17-21(30)29-14(11-28-17)5-6-22(33)7-9-23(24,25)10-8-22/h3-4,11,31,33H,7-10,26H2,1-2H3,(H2,27,32). The summed E-state index contributed by atoms with van der Waals surface area (Å²) in [5, 5.41) is 20.8. The largest absolute Gasteiger partial charge is 0.508 e. The highest BCUT2D eigenvalue weighted by Gasteiger charge is 2.41. The quantitative estimate of drug-likeness (QED) is 0.438. The van der Waals surface area contributed by atoms with Gasteiger partial charge in [-0.25, -0.2) is 18.7 Å². The molecule has 4 rings (SSSR count). The summed E-state index contributed by atoms with van der Waals surface area (Å²) < 4.78 is 28.4. The van der Waals surface area contributed by atoms with Crippen LogP contribution < -0.4 is 11.5 Å². The number of amides is 1. The summed E-state index contributed by atoms with van der Waals surface area (Å²) in [5.74, 6) is 1.80. The van der Waals surface area contributed by atoms with E-state index in [4.69, 9.17) is 11.5 Å². The molecule has 3 aromatic rings. The van der Waals surface area contributed by atoms with Gasteiger partial charge in [-0.3, -0.25) is 9.36 Å². The average Bonchev–Trinajstić information content (AvgIpc) is 3.04. The molecule has 1 saturated carbocycles. The molecule has 0 bridgehead atoms. The predicted octanol–water partition coefficient (Wildman–Crippen LogP) is 2.72. The number of phenols is 1. The van der Waals surface area contributed by atoms with Gasteiger partial charge in [0.15, 0.2) is 5.65 Å². The molecule has 10 heteroatoms. The number of carbonyl (C=O) groups excluding carboxylic acids is 1. The molecule has 33 heavy (non-hydrogen) atoms. The number of aromatic nitrogens is 3. The fourth-order valence-corrected chi connectivity index (χ4v) is 4.09. The number of halogens is 2. The normalized spacial score (nSPS) is 16.9.